The first-order valence-corrected chi connectivity index (χ1v) is 11.4. The predicted molar refractivity (Wildman–Crippen MR) is 99.1 cm³/mol. The maximum Gasteiger partial charge on any atom is 0.231 e. The third-order valence-electron chi connectivity index (χ3n) is 4.75. The summed E-state index contributed by atoms with van der Waals surface area (Å²) in [6, 6.07) is 5.14. The number of Topliss-reactive ketones (excluding diaryl/α,β-unsaturated/α-hetero) is 1. The number of nitrogens with zero attached hydrogens (tertiary/aromatic N) is 3. The molecule has 0 spiro atoms. The molecule has 0 N–H and O–H groups in total. The number of hydrogen-bond donors (Lipinski definition) is 0. The van der Waals surface area contributed by atoms with Crippen LogP contribution in [0.4, 0.5) is 0 Å². The van der Waals surface area contributed by atoms with Crippen molar-refractivity contribution in [2.75, 3.05) is 24.1 Å². The van der Waals surface area contributed by atoms with Gasteiger partial charge >= 0.3 is 0 Å². The van der Waals surface area contributed by atoms with E-state index in [2.05, 4.69) is 10.2 Å². The molecule has 0 unspecified atom stereocenters. The van der Waals surface area contributed by atoms with Crippen LogP contribution in [0.5, 0.6) is 11.5 Å². The van der Waals surface area contributed by atoms with E-state index in [0.717, 1.165) is 5.82 Å². The summed E-state index contributed by atoms with van der Waals surface area (Å²) < 4.78 is 35.6. The zero-order chi connectivity index (χ0) is 19.0. The van der Waals surface area contributed by atoms with Gasteiger partial charge in [0.2, 0.25) is 6.79 Å². The van der Waals surface area contributed by atoms with Gasteiger partial charge in [0.1, 0.15) is 5.82 Å². The van der Waals surface area contributed by atoms with E-state index in [1.165, 1.54) is 11.8 Å². The number of carbonyl (C=O) groups excluding carboxylic acids is 1. The first kappa shape index (κ1) is 18.3. The van der Waals surface area contributed by atoms with E-state index in [-0.39, 0.29) is 35.8 Å². The van der Waals surface area contributed by atoms with Crippen molar-refractivity contribution in [3.8, 4) is 11.5 Å². The molecule has 8 nitrogen and oxygen atoms in total. The van der Waals surface area contributed by atoms with Gasteiger partial charge in [-0.25, -0.2) is 8.42 Å². The minimum absolute atomic E-state index is 0.0373. The van der Waals surface area contributed by atoms with E-state index in [1.807, 2.05) is 11.6 Å². The highest BCUT2D eigenvalue weighted by Crippen LogP contribution is 2.33. The van der Waals surface area contributed by atoms with Crippen molar-refractivity contribution < 1.29 is 22.7 Å². The summed E-state index contributed by atoms with van der Waals surface area (Å²) in [5, 5.41) is 8.96. The Hall–Kier alpha value is -2.07. The molecule has 1 atom stereocenters. The van der Waals surface area contributed by atoms with Crippen molar-refractivity contribution in [3.05, 3.63) is 29.6 Å². The van der Waals surface area contributed by atoms with Crippen LogP contribution in [0, 0.1) is 5.92 Å². The zero-order valence-electron chi connectivity index (χ0n) is 14.8. The van der Waals surface area contributed by atoms with Gasteiger partial charge in [0.05, 0.1) is 17.3 Å². The van der Waals surface area contributed by atoms with Crippen LogP contribution in [0.15, 0.2) is 23.4 Å². The van der Waals surface area contributed by atoms with E-state index >= 15 is 0 Å². The second kappa shape index (κ2) is 7.16. The van der Waals surface area contributed by atoms with Crippen LogP contribution >= 0.6 is 11.8 Å². The molecule has 27 heavy (non-hydrogen) atoms. The number of rotatable bonds is 6. The third-order valence-corrected chi connectivity index (χ3v) is 7.61. The smallest absolute Gasteiger partial charge is 0.231 e. The van der Waals surface area contributed by atoms with Crippen molar-refractivity contribution in [3.63, 3.8) is 0 Å². The maximum absolute atomic E-state index is 12.4. The molecular formula is C17H19N3O5S2. The van der Waals surface area contributed by atoms with Gasteiger partial charge in [0, 0.05) is 19.0 Å². The fourth-order valence-electron chi connectivity index (χ4n) is 3.22. The second-order valence-electron chi connectivity index (χ2n) is 6.71. The number of thioether (sulfide) groups is 1. The lowest BCUT2D eigenvalue weighted by Crippen LogP contribution is -2.11. The topological polar surface area (TPSA) is 100 Å². The molecule has 0 amide bonds. The number of ketones is 1. The van der Waals surface area contributed by atoms with Crippen molar-refractivity contribution >= 4 is 27.4 Å². The molecule has 0 saturated carbocycles. The highest BCUT2D eigenvalue weighted by atomic mass is 32.2. The zero-order valence-corrected chi connectivity index (χ0v) is 16.4. The Labute approximate surface area is 161 Å². The van der Waals surface area contributed by atoms with Crippen molar-refractivity contribution in [2.45, 2.75) is 18.0 Å². The number of aromatic nitrogens is 3. The molecule has 144 valence electrons. The van der Waals surface area contributed by atoms with Crippen LogP contribution in [-0.2, 0) is 23.3 Å². The largest absolute Gasteiger partial charge is 0.454 e. The lowest BCUT2D eigenvalue weighted by Gasteiger charge is -2.07. The molecule has 4 rings (SSSR count). The molecule has 2 aliphatic heterocycles. The lowest BCUT2D eigenvalue weighted by atomic mass is 10.1. The Bertz CT molecular complexity index is 986. The Morgan fingerprint density at radius 3 is 2.89 bits per heavy atom. The van der Waals surface area contributed by atoms with Crippen LogP contribution in [0.2, 0.25) is 0 Å². The van der Waals surface area contributed by atoms with Crippen LogP contribution in [0.3, 0.4) is 0 Å². The van der Waals surface area contributed by atoms with Gasteiger partial charge in [-0.05, 0) is 30.5 Å². The molecule has 1 aromatic heterocycles. The van der Waals surface area contributed by atoms with E-state index < -0.39 is 9.84 Å². The fraction of sp³-hybridized carbons (Fsp3) is 0.471. The standard InChI is InChI=1S/C17H19N3O5S2/c1-20-16(6-11-4-5-27(22,23)9-11)18-19-17(20)26-8-13(21)12-2-3-14-15(7-12)25-10-24-14/h2-3,7,11H,4-6,8-10H2,1H3/t11-/m1/s1. The molecule has 1 fully saturated rings. The van der Waals surface area contributed by atoms with Crippen LogP contribution in [0.1, 0.15) is 22.6 Å². The summed E-state index contributed by atoms with van der Waals surface area (Å²) in [4.78, 5) is 12.4. The van der Waals surface area contributed by atoms with Gasteiger partial charge in [0.25, 0.3) is 0 Å². The Kier molecular flexibility index (Phi) is 4.85. The van der Waals surface area contributed by atoms with Gasteiger partial charge in [0.15, 0.2) is 32.3 Å². The SMILES string of the molecule is Cn1c(C[C@H]2CCS(=O)(=O)C2)nnc1SCC(=O)c1ccc2c(c1)OCO2. The molecule has 2 aromatic rings. The Morgan fingerprint density at radius 1 is 1.30 bits per heavy atom. The molecule has 0 bridgehead atoms. The average Bonchev–Trinajstić information content (AvgIpc) is 3.33. The number of benzene rings is 1. The minimum Gasteiger partial charge on any atom is -0.454 e. The fourth-order valence-corrected chi connectivity index (χ4v) is 5.91. The summed E-state index contributed by atoms with van der Waals surface area (Å²) in [6.45, 7) is 0.172. The number of ether oxygens (including phenoxy) is 2. The highest BCUT2D eigenvalue weighted by molar-refractivity contribution is 7.99. The predicted octanol–water partition coefficient (Wildman–Crippen LogP) is 1.50. The normalized spacial score (nSPS) is 20.1. The quantitative estimate of drug-likeness (QED) is 0.523. The minimum atomic E-state index is -2.90. The van der Waals surface area contributed by atoms with Gasteiger partial charge in [-0.2, -0.15) is 0 Å². The number of fused-ring (bicyclic) bond motifs is 1. The van der Waals surface area contributed by atoms with Crippen molar-refractivity contribution in [2.24, 2.45) is 13.0 Å². The monoisotopic (exact) mass is 409 g/mol. The summed E-state index contributed by atoms with van der Waals surface area (Å²) in [5.41, 5.74) is 0.560. The van der Waals surface area contributed by atoms with Gasteiger partial charge in [-0.1, -0.05) is 11.8 Å². The molecule has 1 saturated heterocycles. The summed E-state index contributed by atoms with van der Waals surface area (Å²) in [5.74, 6) is 2.71. The number of sulfone groups is 1. The molecular weight excluding hydrogens is 390 g/mol. The maximum atomic E-state index is 12.4. The molecule has 3 heterocycles. The lowest BCUT2D eigenvalue weighted by molar-refractivity contribution is 0.102. The van der Waals surface area contributed by atoms with Crippen LogP contribution in [0.25, 0.3) is 0 Å². The molecule has 0 aliphatic carbocycles. The Balaban J connectivity index is 1.37. The summed E-state index contributed by atoms with van der Waals surface area (Å²) in [6.07, 6.45) is 1.25. The van der Waals surface area contributed by atoms with Crippen LogP contribution in [-0.4, -0.2) is 53.0 Å². The highest BCUT2D eigenvalue weighted by Gasteiger charge is 2.29. The first-order valence-electron chi connectivity index (χ1n) is 8.55. The van der Waals surface area contributed by atoms with E-state index in [1.54, 1.807) is 18.2 Å². The Morgan fingerprint density at radius 2 is 2.11 bits per heavy atom. The average molecular weight is 409 g/mol. The molecule has 10 heteroatoms. The number of hydrogen-bond acceptors (Lipinski definition) is 8. The van der Waals surface area contributed by atoms with Crippen LogP contribution < -0.4 is 9.47 Å². The van der Waals surface area contributed by atoms with Crippen molar-refractivity contribution in [1.29, 1.82) is 0 Å². The van der Waals surface area contributed by atoms with Gasteiger partial charge < -0.3 is 14.0 Å². The van der Waals surface area contributed by atoms with Crippen molar-refractivity contribution in [1.82, 2.24) is 14.8 Å². The van der Waals surface area contributed by atoms with Gasteiger partial charge in [-0.15, -0.1) is 10.2 Å². The van der Waals surface area contributed by atoms with E-state index in [9.17, 15) is 13.2 Å². The van der Waals surface area contributed by atoms with E-state index in [4.69, 9.17) is 9.47 Å². The molecule has 0 radical (unpaired) electrons. The van der Waals surface area contributed by atoms with E-state index in [0.29, 0.717) is 35.1 Å². The summed E-state index contributed by atoms with van der Waals surface area (Å²) in [7, 11) is -1.07. The van der Waals surface area contributed by atoms with Gasteiger partial charge in [-0.3, -0.25) is 4.79 Å². The molecule has 2 aliphatic rings. The second-order valence-corrected chi connectivity index (χ2v) is 9.88. The number of carbonyl (C=O) groups is 1. The molecule has 1 aromatic carbocycles. The third kappa shape index (κ3) is 3.96. The summed E-state index contributed by atoms with van der Waals surface area (Å²) >= 11 is 1.31. The first-order chi connectivity index (χ1) is 12.9.